The van der Waals surface area contributed by atoms with Crippen molar-refractivity contribution >= 4 is 34.1 Å². The van der Waals surface area contributed by atoms with Crippen molar-refractivity contribution in [2.45, 2.75) is 6.42 Å². The molecule has 0 bridgehead atoms. The molecule has 6 nitrogen and oxygen atoms in total. The topological polar surface area (TPSA) is 109 Å². The van der Waals surface area contributed by atoms with Crippen LogP contribution in [0.2, 0.25) is 0 Å². The van der Waals surface area contributed by atoms with Crippen LogP contribution < -0.4 is 11.1 Å². The van der Waals surface area contributed by atoms with Crippen molar-refractivity contribution in [1.82, 2.24) is 0 Å². The van der Waals surface area contributed by atoms with E-state index in [-0.39, 0.29) is 5.56 Å². The van der Waals surface area contributed by atoms with Crippen molar-refractivity contribution in [2.24, 2.45) is 5.73 Å². The molecule has 1 heterocycles. The van der Waals surface area contributed by atoms with Crippen molar-refractivity contribution < 1.29 is 19.5 Å². The van der Waals surface area contributed by atoms with Gasteiger partial charge in [0, 0.05) is 23.5 Å². The van der Waals surface area contributed by atoms with Gasteiger partial charge in [0.25, 0.3) is 5.91 Å². The van der Waals surface area contributed by atoms with Crippen LogP contribution >= 0.6 is 11.3 Å². The lowest BCUT2D eigenvalue weighted by atomic mass is 10.1. The van der Waals surface area contributed by atoms with E-state index < -0.39 is 17.8 Å². The Labute approximate surface area is 136 Å². The second kappa shape index (κ2) is 7.37. The predicted octanol–water partition coefficient (Wildman–Crippen LogP) is 2.02. The van der Waals surface area contributed by atoms with Gasteiger partial charge < -0.3 is 16.2 Å². The van der Waals surface area contributed by atoms with Gasteiger partial charge in [-0.1, -0.05) is 30.3 Å². The number of carboxylic acids is 1. The van der Waals surface area contributed by atoms with E-state index in [1.165, 1.54) is 11.3 Å². The van der Waals surface area contributed by atoms with Crippen LogP contribution in [0.5, 0.6) is 0 Å². The Kier molecular flexibility index (Phi) is 5.27. The first-order valence-corrected chi connectivity index (χ1v) is 7.46. The van der Waals surface area contributed by atoms with Gasteiger partial charge in [-0.2, -0.15) is 0 Å². The molecular formula is C16H14N2O4S. The maximum absolute atomic E-state index is 11.7. The quantitative estimate of drug-likeness (QED) is 0.704. The number of aliphatic carboxylic acids is 1. The van der Waals surface area contributed by atoms with Gasteiger partial charge in [-0.3, -0.25) is 9.59 Å². The van der Waals surface area contributed by atoms with Gasteiger partial charge in [0.1, 0.15) is 5.00 Å². The van der Waals surface area contributed by atoms with E-state index in [9.17, 15) is 14.4 Å². The van der Waals surface area contributed by atoms with Gasteiger partial charge in [0.2, 0.25) is 5.91 Å². The monoisotopic (exact) mass is 330 g/mol. The number of nitrogens with two attached hydrogens (primary N) is 1. The summed E-state index contributed by atoms with van der Waals surface area (Å²) in [6.45, 7) is 0. The summed E-state index contributed by atoms with van der Waals surface area (Å²) in [5, 5.41) is 11.3. The molecule has 2 rings (SSSR count). The Morgan fingerprint density at radius 1 is 1.17 bits per heavy atom. The Morgan fingerprint density at radius 3 is 2.48 bits per heavy atom. The average Bonchev–Trinajstić information content (AvgIpc) is 2.89. The number of rotatable bonds is 6. The number of nitrogens with one attached hydrogen (secondary N) is 1. The van der Waals surface area contributed by atoms with Gasteiger partial charge in [0.15, 0.2) is 0 Å². The first-order chi connectivity index (χ1) is 11.0. The molecule has 0 saturated carbocycles. The third-order valence-corrected chi connectivity index (χ3v) is 3.93. The SMILES string of the molecule is NC(=O)c1cc(Cc2ccccc2)sc1NC(=O)/C=C/C(=O)O. The molecule has 4 N–H and O–H groups in total. The predicted molar refractivity (Wildman–Crippen MR) is 87.5 cm³/mol. The number of anilines is 1. The number of hydrogen-bond donors (Lipinski definition) is 3. The smallest absolute Gasteiger partial charge is 0.328 e. The number of primary amides is 1. The van der Waals surface area contributed by atoms with Crippen LogP contribution in [0.1, 0.15) is 20.8 Å². The number of benzene rings is 1. The number of carbonyl (C=O) groups excluding carboxylic acids is 2. The summed E-state index contributed by atoms with van der Waals surface area (Å²) < 4.78 is 0. The number of amides is 2. The highest BCUT2D eigenvalue weighted by Gasteiger charge is 2.15. The fraction of sp³-hybridized carbons (Fsp3) is 0.0625. The standard InChI is InChI=1S/C16H14N2O4S/c17-15(22)12-9-11(8-10-4-2-1-3-5-10)23-16(12)18-13(19)6-7-14(20)21/h1-7,9H,8H2,(H2,17,22)(H,18,19)(H,20,21)/b7-6+. The van der Waals surface area contributed by atoms with Crippen LogP contribution in [0.25, 0.3) is 0 Å². The van der Waals surface area contributed by atoms with Crippen LogP contribution in [0, 0.1) is 0 Å². The van der Waals surface area contributed by atoms with Crippen molar-refractivity contribution in [3.63, 3.8) is 0 Å². The lowest BCUT2D eigenvalue weighted by molar-refractivity contribution is -0.131. The average molecular weight is 330 g/mol. The number of carbonyl (C=O) groups is 3. The Bertz CT molecular complexity index is 766. The second-order valence-corrected chi connectivity index (χ2v) is 5.78. The van der Waals surface area contributed by atoms with E-state index >= 15 is 0 Å². The summed E-state index contributed by atoms with van der Waals surface area (Å²) in [5.74, 6) is -2.52. The fourth-order valence-electron chi connectivity index (χ4n) is 1.90. The van der Waals surface area contributed by atoms with E-state index in [0.29, 0.717) is 11.4 Å². The second-order valence-electron chi connectivity index (χ2n) is 4.64. The zero-order chi connectivity index (χ0) is 16.8. The minimum atomic E-state index is -1.23. The lowest BCUT2D eigenvalue weighted by Gasteiger charge is -2.00. The summed E-state index contributed by atoms with van der Waals surface area (Å²) in [4.78, 5) is 34.4. The van der Waals surface area contributed by atoms with Crippen LogP contribution in [-0.4, -0.2) is 22.9 Å². The molecule has 23 heavy (non-hydrogen) atoms. The molecule has 1 aromatic heterocycles. The van der Waals surface area contributed by atoms with E-state index in [1.54, 1.807) is 6.07 Å². The Morgan fingerprint density at radius 2 is 1.87 bits per heavy atom. The molecule has 0 aliphatic heterocycles. The third kappa shape index (κ3) is 4.79. The molecule has 2 aromatic rings. The summed E-state index contributed by atoms with van der Waals surface area (Å²) in [5.41, 5.74) is 6.59. The largest absolute Gasteiger partial charge is 0.478 e. The zero-order valence-corrected chi connectivity index (χ0v) is 12.8. The van der Waals surface area contributed by atoms with E-state index in [2.05, 4.69) is 5.32 Å². The first-order valence-electron chi connectivity index (χ1n) is 6.64. The lowest BCUT2D eigenvalue weighted by Crippen LogP contribution is -2.15. The van der Waals surface area contributed by atoms with Crippen LogP contribution in [0.4, 0.5) is 5.00 Å². The molecule has 0 atom stereocenters. The molecule has 0 aliphatic rings. The van der Waals surface area contributed by atoms with Crippen LogP contribution in [0.3, 0.4) is 0 Å². The minimum Gasteiger partial charge on any atom is -0.478 e. The molecule has 0 saturated heterocycles. The summed E-state index contributed by atoms with van der Waals surface area (Å²) in [6.07, 6.45) is 2.20. The molecule has 7 heteroatoms. The zero-order valence-electron chi connectivity index (χ0n) is 12.0. The van der Waals surface area contributed by atoms with E-state index in [0.717, 1.165) is 22.6 Å². The van der Waals surface area contributed by atoms with E-state index in [1.807, 2.05) is 30.3 Å². The molecule has 0 unspecified atom stereocenters. The Balaban J connectivity index is 2.20. The van der Waals surface area contributed by atoms with Gasteiger partial charge in [-0.05, 0) is 11.6 Å². The molecule has 0 fully saturated rings. The number of hydrogen-bond acceptors (Lipinski definition) is 4. The van der Waals surface area contributed by atoms with Crippen LogP contribution in [0.15, 0.2) is 48.6 Å². The first kappa shape index (κ1) is 16.4. The van der Waals surface area contributed by atoms with Gasteiger partial charge >= 0.3 is 5.97 Å². The molecule has 0 aliphatic carbocycles. The highest BCUT2D eigenvalue weighted by Crippen LogP contribution is 2.29. The number of carboxylic acid groups (broad SMARTS) is 1. The minimum absolute atomic E-state index is 0.206. The molecule has 2 amide bonds. The summed E-state index contributed by atoms with van der Waals surface area (Å²) in [7, 11) is 0. The normalized spacial score (nSPS) is 10.6. The molecular weight excluding hydrogens is 316 g/mol. The summed E-state index contributed by atoms with van der Waals surface area (Å²) >= 11 is 1.23. The Hall–Kier alpha value is -2.93. The van der Waals surface area contributed by atoms with Crippen molar-refractivity contribution in [2.75, 3.05) is 5.32 Å². The van der Waals surface area contributed by atoms with Gasteiger partial charge in [-0.25, -0.2) is 4.79 Å². The number of thiophene rings is 1. The molecule has 118 valence electrons. The van der Waals surface area contributed by atoms with Crippen LogP contribution in [-0.2, 0) is 16.0 Å². The van der Waals surface area contributed by atoms with Crippen molar-refractivity contribution in [3.8, 4) is 0 Å². The molecule has 0 spiro atoms. The van der Waals surface area contributed by atoms with Gasteiger partial charge in [0.05, 0.1) is 5.56 Å². The summed E-state index contributed by atoms with van der Waals surface area (Å²) in [6, 6.07) is 11.3. The fourth-order valence-corrected chi connectivity index (χ4v) is 3.00. The highest BCUT2D eigenvalue weighted by molar-refractivity contribution is 7.16. The van der Waals surface area contributed by atoms with Crippen molar-refractivity contribution in [1.29, 1.82) is 0 Å². The van der Waals surface area contributed by atoms with Crippen molar-refractivity contribution in [3.05, 3.63) is 64.6 Å². The van der Waals surface area contributed by atoms with E-state index in [4.69, 9.17) is 10.8 Å². The molecule has 0 radical (unpaired) electrons. The third-order valence-electron chi connectivity index (χ3n) is 2.88. The maximum atomic E-state index is 11.7. The highest BCUT2D eigenvalue weighted by atomic mass is 32.1. The maximum Gasteiger partial charge on any atom is 0.328 e. The molecule has 1 aromatic carbocycles. The van der Waals surface area contributed by atoms with Gasteiger partial charge in [-0.15, -0.1) is 11.3 Å².